The van der Waals surface area contributed by atoms with Gasteiger partial charge in [-0.05, 0) is 19.1 Å². The zero-order chi connectivity index (χ0) is 10.4. The maximum Gasteiger partial charge on any atom is 0.226 e. The Labute approximate surface area is 83.6 Å². The van der Waals surface area contributed by atoms with Gasteiger partial charge in [-0.25, -0.2) is 0 Å². The van der Waals surface area contributed by atoms with Gasteiger partial charge in [0, 0.05) is 11.9 Å². The highest BCUT2D eigenvalue weighted by Gasteiger charge is 2.05. The zero-order valence-electron chi connectivity index (χ0n) is 8.03. The Kier molecular flexibility index (Phi) is 3.69. The molecule has 3 nitrogen and oxygen atoms in total. The second-order valence-electron chi connectivity index (χ2n) is 2.95. The number of rotatable bonds is 3. The molecule has 1 atom stereocenters. The van der Waals surface area contributed by atoms with E-state index in [2.05, 4.69) is 16.2 Å². The molecule has 1 aromatic rings. The number of terminal acetylenes is 1. The van der Waals surface area contributed by atoms with E-state index in [-0.39, 0.29) is 18.4 Å². The van der Waals surface area contributed by atoms with Crippen molar-refractivity contribution in [3.63, 3.8) is 0 Å². The molecule has 0 fully saturated rings. The number of nitrogens with zero attached hydrogens (tertiary/aromatic N) is 1. The lowest BCUT2D eigenvalue weighted by Gasteiger charge is -2.06. The van der Waals surface area contributed by atoms with E-state index < -0.39 is 0 Å². The minimum atomic E-state index is -0.230. The number of nitrogens with one attached hydrogen (secondary N) is 1. The van der Waals surface area contributed by atoms with Crippen LogP contribution < -0.4 is 5.32 Å². The third kappa shape index (κ3) is 3.28. The molecule has 1 heterocycles. The standard InChI is InChI=1S/C11H12N2O/c1-3-9(2)13-11(14)8-10-6-4-5-7-12-10/h1,4-7,9H,8H2,2H3,(H,13,14). The largest absolute Gasteiger partial charge is 0.342 e. The number of pyridine rings is 1. The van der Waals surface area contributed by atoms with E-state index in [0.29, 0.717) is 0 Å². The molecule has 1 aromatic heterocycles. The Morgan fingerprint density at radius 3 is 3.07 bits per heavy atom. The van der Waals surface area contributed by atoms with Gasteiger partial charge in [0.25, 0.3) is 0 Å². The van der Waals surface area contributed by atoms with Crippen molar-refractivity contribution in [2.75, 3.05) is 0 Å². The van der Waals surface area contributed by atoms with E-state index in [1.807, 2.05) is 12.1 Å². The summed E-state index contributed by atoms with van der Waals surface area (Å²) in [6, 6.07) is 5.23. The molecular formula is C11H12N2O. The number of carbonyl (C=O) groups is 1. The average molecular weight is 188 g/mol. The van der Waals surface area contributed by atoms with E-state index >= 15 is 0 Å². The molecule has 3 heteroatoms. The summed E-state index contributed by atoms with van der Waals surface area (Å²) in [5.74, 6) is 2.33. The summed E-state index contributed by atoms with van der Waals surface area (Å²) in [6.07, 6.45) is 7.06. The summed E-state index contributed by atoms with van der Waals surface area (Å²) in [7, 11) is 0. The third-order valence-corrected chi connectivity index (χ3v) is 1.70. The fourth-order valence-electron chi connectivity index (χ4n) is 1.00. The summed E-state index contributed by atoms with van der Waals surface area (Å²) in [5.41, 5.74) is 0.745. The van der Waals surface area contributed by atoms with Gasteiger partial charge in [0.15, 0.2) is 0 Å². The summed E-state index contributed by atoms with van der Waals surface area (Å²) in [6.45, 7) is 1.76. The van der Waals surface area contributed by atoms with Crippen LogP contribution in [0, 0.1) is 12.3 Å². The van der Waals surface area contributed by atoms with Gasteiger partial charge in [-0.1, -0.05) is 12.0 Å². The quantitative estimate of drug-likeness (QED) is 0.712. The van der Waals surface area contributed by atoms with E-state index in [1.165, 1.54) is 0 Å². The molecule has 1 amide bonds. The van der Waals surface area contributed by atoms with Gasteiger partial charge in [0.05, 0.1) is 12.5 Å². The second kappa shape index (κ2) is 5.03. The van der Waals surface area contributed by atoms with Crippen LogP contribution in [-0.2, 0) is 11.2 Å². The number of hydrogen-bond acceptors (Lipinski definition) is 2. The van der Waals surface area contributed by atoms with Crippen molar-refractivity contribution in [2.24, 2.45) is 0 Å². The summed E-state index contributed by atoms with van der Waals surface area (Å²) >= 11 is 0. The van der Waals surface area contributed by atoms with Crippen LogP contribution in [0.3, 0.4) is 0 Å². The van der Waals surface area contributed by atoms with Crippen molar-refractivity contribution in [3.05, 3.63) is 30.1 Å². The van der Waals surface area contributed by atoms with Gasteiger partial charge in [0.1, 0.15) is 0 Å². The van der Waals surface area contributed by atoms with Gasteiger partial charge >= 0.3 is 0 Å². The zero-order valence-corrected chi connectivity index (χ0v) is 8.03. The summed E-state index contributed by atoms with van der Waals surface area (Å²) in [4.78, 5) is 15.4. The fraction of sp³-hybridized carbons (Fsp3) is 0.273. The van der Waals surface area contributed by atoms with Gasteiger partial charge in [-0.3, -0.25) is 9.78 Å². The predicted octanol–water partition coefficient (Wildman–Crippen LogP) is 0.762. The van der Waals surface area contributed by atoms with Crippen molar-refractivity contribution in [3.8, 4) is 12.3 Å². The number of hydrogen-bond donors (Lipinski definition) is 1. The highest BCUT2D eigenvalue weighted by atomic mass is 16.1. The molecule has 1 unspecified atom stereocenters. The molecule has 14 heavy (non-hydrogen) atoms. The number of amides is 1. The van der Waals surface area contributed by atoms with Crippen LogP contribution >= 0.6 is 0 Å². The number of carbonyl (C=O) groups excluding carboxylic acids is 1. The molecule has 0 bridgehead atoms. The predicted molar refractivity (Wildman–Crippen MR) is 54.4 cm³/mol. The average Bonchev–Trinajstić information content (AvgIpc) is 2.19. The Bertz CT molecular complexity index is 340. The Morgan fingerprint density at radius 2 is 2.50 bits per heavy atom. The molecule has 0 radical (unpaired) electrons. The SMILES string of the molecule is C#CC(C)NC(=O)Cc1ccccn1. The molecule has 0 aliphatic rings. The molecule has 0 spiro atoms. The van der Waals surface area contributed by atoms with Crippen LogP contribution in [-0.4, -0.2) is 16.9 Å². The first-order chi connectivity index (χ1) is 6.72. The Hall–Kier alpha value is -1.82. The molecule has 0 aliphatic carbocycles. The van der Waals surface area contributed by atoms with Crippen LogP contribution in [0.1, 0.15) is 12.6 Å². The molecule has 72 valence electrons. The normalized spacial score (nSPS) is 11.4. The smallest absolute Gasteiger partial charge is 0.226 e. The van der Waals surface area contributed by atoms with Crippen molar-refractivity contribution < 1.29 is 4.79 Å². The van der Waals surface area contributed by atoms with Crippen LogP contribution in [0.25, 0.3) is 0 Å². The minimum Gasteiger partial charge on any atom is -0.342 e. The highest BCUT2D eigenvalue weighted by Crippen LogP contribution is 1.94. The van der Waals surface area contributed by atoms with E-state index in [9.17, 15) is 4.79 Å². The van der Waals surface area contributed by atoms with Crippen LogP contribution in [0.4, 0.5) is 0 Å². The lowest BCUT2D eigenvalue weighted by atomic mass is 10.2. The molecule has 0 aromatic carbocycles. The summed E-state index contributed by atoms with van der Waals surface area (Å²) in [5, 5.41) is 2.66. The van der Waals surface area contributed by atoms with Crippen molar-refractivity contribution in [1.29, 1.82) is 0 Å². The Balaban J connectivity index is 2.47. The Morgan fingerprint density at radius 1 is 1.71 bits per heavy atom. The first-order valence-electron chi connectivity index (χ1n) is 4.38. The summed E-state index contributed by atoms with van der Waals surface area (Å²) < 4.78 is 0. The monoisotopic (exact) mass is 188 g/mol. The topological polar surface area (TPSA) is 42.0 Å². The second-order valence-corrected chi connectivity index (χ2v) is 2.95. The molecule has 1 rings (SSSR count). The first-order valence-corrected chi connectivity index (χ1v) is 4.38. The van der Waals surface area contributed by atoms with Crippen LogP contribution in [0.15, 0.2) is 24.4 Å². The molecule has 0 aliphatic heterocycles. The van der Waals surface area contributed by atoms with Crippen LogP contribution in [0.5, 0.6) is 0 Å². The molecule has 0 saturated heterocycles. The lowest BCUT2D eigenvalue weighted by molar-refractivity contribution is -0.120. The first kappa shape index (κ1) is 10.3. The number of aromatic nitrogens is 1. The molecule has 1 N–H and O–H groups in total. The van der Waals surface area contributed by atoms with Gasteiger partial charge in [-0.2, -0.15) is 0 Å². The third-order valence-electron chi connectivity index (χ3n) is 1.70. The fourth-order valence-corrected chi connectivity index (χ4v) is 1.00. The van der Waals surface area contributed by atoms with Crippen molar-refractivity contribution >= 4 is 5.91 Å². The van der Waals surface area contributed by atoms with E-state index in [1.54, 1.807) is 19.2 Å². The van der Waals surface area contributed by atoms with Crippen molar-refractivity contribution in [2.45, 2.75) is 19.4 Å². The van der Waals surface area contributed by atoms with Gasteiger partial charge < -0.3 is 5.32 Å². The van der Waals surface area contributed by atoms with Gasteiger partial charge in [-0.15, -0.1) is 6.42 Å². The maximum absolute atomic E-state index is 11.3. The van der Waals surface area contributed by atoms with Gasteiger partial charge in [0.2, 0.25) is 5.91 Å². The lowest BCUT2D eigenvalue weighted by Crippen LogP contribution is -2.32. The molecule has 0 saturated carbocycles. The maximum atomic E-state index is 11.3. The highest BCUT2D eigenvalue weighted by molar-refractivity contribution is 5.78. The minimum absolute atomic E-state index is 0.103. The van der Waals surface area contributed by atoms with E-state index in [4.69, 9.17) is 6.42 Å². The van der Waals surface area contributed by atoms with E-state index in [0.717, 1.165) is 5.69 Å². The van der Waals surface area contributed by atoms with Crippen molar-refractivity contribution in [1.82, 2.24) is 10.3 Å². The van der Waals surface area contributed by atoms with Crippen LogP contribution in [0.2, 0.25) is 0 Å². The molecular weight excluding hydrogens is 176 g/mol.